The first-order chi connectivity index (χ1) is 8.04. The van der Waals surface area contributed by atoms with E-state index in [0.29, 0.717) is 0 Å². The fraction of sp³-hybridized carbons (Fsp3) is 0.500. The Balaban J connectivity index is 2.37. The van der Waals surface area contributed by atoms with Crippen molar-refractivity contribution in [1.29, 1.82) is 0 Å². The lowest BCUT2D eigenvalue weighted by atomic mass is 9.93. The molecule has 2 aliphatic rings. The second-order valence-corrected chi connectivity index (χ2v) is 4.14. The Morgan fingerprint density at radius 1 is 1.35 bits per heavy atom. The monoisotopic (exact) mass is 238 g/mol. The van der Waals surface area contributed by atoms with Gasteiger partial charge >= 0.3 is 0 Å². The van der Waals surface area contributed by atoms with E-state index >= 15 is 0 Å². The van der Waals surface area contributed by atoms with Gasteiger partial charge < -0.3 is 14.6 Å². The van der Waals surface area contributed by atoms with Gasteiger partial charge in [0.25, 0.3) is 5.95 Å². The highest BCUT2D eigenvalue weighted by atomic mass is 16.7. The van der Waals surface area contributed by atoms with E-state index in [4.69, 9.17) is 9.47 Å². The molecule has 2 aliphatic heterocycles. The van der Waals surface area contributed by atoms with Crippen LogP contribution in [0.1, 0.15) is 20.3 Å². The molecule has 2 heterocycles. The smallest absolute Gasteiger partial charge is 0.295 e. The molecule has 0 aromatic carbocycles. The molecule has 0 aromatic heterocycles. The van der Waals surface area contributed by atoms with Crippen LogP contribution in [0.5, 0.6) is 0 Å². The molecule has 2 rings (SSSR count). The molecule has 92 valence electrons. The Kier molecular flexibility index (Phi) is 3.02. The molecule has 0 saturated carbocycles. The van der Waals surface area contributed by atoms with E-state index in [9.17, 15) is 14.7 Å². The van der Waals surface area contributed by atoms with Gasteiger partial charge in [0.15, 0.2) is 18.0 Å². The number of hydrogen-bond acceptors (Lipinski definition) is 5. The number of Topliss-reactive ketones (excluding diaryl/α,β-unsaturated/α-hetero) is 2. The number of ether oxygens (including phenoxy) is 2. The van der Waals surface area contributed by atoms with Crippen molar-refractivity contribution >= 4 is 11.6 Å². The van der Waals surface area contributed by atoms with Gasteiger partial charge in [-0.2, -0.15) is 0 Å². The van der Waals surface area contributed by atoms with Crippen LogP contribution in [-0.2, 0) is 19.1 Å². The van der Waals surface area contributed by atoms with Gasteiger partial charge in [-0.1, -0.05) is 6.08 Å². The molecule has 0 amide bonds. The molecule has 0 spiro atoms. The Hall–Kier alpha value is -1.62. The van der Waals surface area contributed by atoms with Gasteiger partial charge in [0.05, 0.1) is 0 Å². The summed E-state index contributed by atoms with van der Waals surface area (Å²) < 4.78 is 10.7. The van der Waals surface area contributed by atoms with Gasteiger partial charge in [-0.15, -0.1) is 0 Å². The molecule has 0 saturated heterocycles. The lowest BCUT2D eigenvalue weighted by Crippen LogP contribution is -2.45. The SMILES string of the molecule is CC=CC1OC2=C(C(=O)CC(C)O2)C(=O)C1O. The number of carbonyl (C=O) groups excluding carboxylic acids is 2. The van der Waals surface area contributed by atoms with Crippen molar-refractivity contribution in [3.63, 3.8) is 0 Å². The normalized spacial score (nSPS) is 33.5. The molecule has 1 N–H and O–H groups in total. The van der Waals surface area contributed by atoms with Crippen molar-refractivity contribution < 1.29 is 24.2 Å². The van der Waals surface area contributed by atoms with Gasteiger partial charge in [-0.25, -0.2) is 0 Å². The maximum atomic E-state index is 11.8. The molecule has 0 aromatic rings. The van der Waals surface area contributed by atoms with E-state index < -0.39 is 18.0 Å². The van der Waals surface area contributed by atoms with Gasteiger partial charge in [0, 0.05) is 6.42 Å². The first kappa shape index (κ1) is 11.9. The van der Waals surface area contributed by atoms with Crippen LogP contribution in [0.15, 0.2) is 23.7 Å². The van der Waals surface area contributed by atoms with Gasteiger partial charge in [-0.05, 0) is 19.9 Å². The van der Waals surface area contributed by atoms with Crippen LogP contribution in [0.25, 0.3) is 0 Å². The highest BCUT2D eigenvalue weighted by molar-refractivity contribution is 6.22. The average molecular weight is 238 g/mol. The Morgan fingerprint density at radius 2 is 2.06 bits per heavy atom. The summed E-state index contributed by atoms with van der Waals surface area (Å²) in [5.41, 5.74) is -0.142. The average Bonchev–Trinajstić information content (AvgIpc) is 2.24. The summed E-state index contributed by atoms with van der Waals surface area (Å²) in [4.78, 5) is 23.5. The summed E-state index contributed by atoms with van der Waals surface area (Å²) in [6, 6.07) is 0. The highest BCUT2D eigenvalue weighted by Gasteiger charge is 2.43. The lowest BCUT2D eigenvalue weighted by Gasteiger charge is -2.32. The van der Waals surface area contributed by atoms with Crippen LogP contribution in [0.2, 0.25) is 0 Å². The number of aliphatic hydroxyl groups is 1. The molecule has 3 unspecified atom stereocenters. The van der Waals surface area contributed by atoms with E-state index in [2.05, 4.69) is 0 Å². The Labute approximate surface area is 98.7 Å². The fourth-order valence-corrected chi connectivity index (χ4v) is 1.90. The maximum absolute atomic E-state index is 11.8. The topological polar surface area (TPSA) is 72.8 Å². The summed E-state index contributed by atoms with van der Waals surface area (Å²) in [6.45, 7) is 3.48. The van der Waals surface area contributed by atoms with Crippen molar-refractivity contribution in [1.82, 2.24) is 0 Å². The minimum absolute atomic E-state index is 0.0489. The van der Waals surface area contributed by atoms with Crippen LogP contribution in [0.3, 0.4) is 0 Å². The predicted molar refractivity (Wildman–Crippen MR) is 57.9 cm³/mol. The Morgan fingerprint density at radius 3 is 2.71 bits per heavy atom. The Bertz CT molecular complexity index is 421. The summed E-state index contributed by atoms with van der Waals surface area (Å²) >= 11 is 0. The van der Waals surface area contributed by atoms with Crippen LogP contribution in [0, 0.1) is 0 Å². The summed E-state index contributed by atoms with van der Waals surface area (Å²) in [5, 5.41) is 9.72. The molecule has 0 radical (unpaired) electrons. The van der Waals surface area contributed by atoms with Crippen molar-refractivity contribution in [3.05, 3.63) is 23.7 Å². The largest absolute Gasteiger partial charge is 0.461 e. The molecular weight excluding hydrogens is 224 g/mol. The van der Waals surface area contributed by atoms with Crippen molar-refractivity contribution in [2.45, 2.75) is 38.6 Å². The minimum Gasteiger partial charge on any atom is -0.461 e. The van der Waals surface area contributed by atoms with E-state index in [-0.39, 0.29) is 29.8 Å². The molecule has 5 heteroatoms. The number of hydrogen-bond donors (Lipinski definition) is 1. The number of aliphatic hydroxyl groups excluding tert-OH is 1. The molecule has 0 aliphatic carbocycles. The second kappa shape index (κ2) is 4.33. The molecule has 0 fully saturated rings. The predicted octanol–water partition coefficient (Wildman–Crippen LogP) is 0.481. The standard InChI is InChI=1S/C12H14O5/c1-3-4-8-10(14)11(15)9-7(13)5-6(2)16-12(9)17-8/h3-4,6,8,10,14H,5H2,1-2H3. The maximum Gasteiger partial charge on any atom is 0.295 e. The van der Waals surface area contributed by atoms with Gasteiger partial charge in [-0.3, -0.25) is 9.59 Å². The first-order valence-corrected chi connectivity index (χ1v) is 5.50. The third-order valence-corrected chi connectivity index (χ3v) is 2.72. The number of rotatable bonds is 1. The third kappa shape index (κ3) is 1.98. The highest BCUT2D eigenvalue weighted by Crippen LogP contribution is 2.30. The molecular formula is C12H14O5. The fourth-order valence-electron chi connectivity index (χ4n) is 1.90. The zero-order valence-corrected chi connectivity index (χ0v) is 9.67. The van der Waals surface area contributed by atoms with E-state index in [0.717, 1.165) is 0 Å². The van der Waals surface area contributed by atoms with Gasteiger partial charge in [0.2, 0.25) is 5.78 Å². The van der Waals surface area contributed by atoms with Crippen molar-refractivity contribution in [3.8, 4) is 0 Å². The summed E-state index contributed by atoms with van der Waals surface area (Å²) in [5.74, 6) is -1.000. The zero-order chi connectivity index (χ0) is 12.6. The van der Waals surface area contributed by atoms with Crippen LogP contribution in [0.4, 0.5) is 0 Å². The molecule has 0 bridgehead atoms. The first-order valence-electron chi connectivity index (χ1n) is 5.50. The van der Waals surface area contributed by atoms with E-state index in [1.807, 2.05) is 0 Å². The zero-order valence-electron chi connectivity index (χ0n) is 9.67. The quantitative estimate of drug-likeness (QED) is 0.531. The number of carbonyl (C=O) groups is 2. The molecule has 3 atom stereocenters. The minimum atomic E-state index is -1.34. The van der Waals surface area contributed by atoms with E-state index in [1.54, 1.807) is 26.0 Å². The van der Waals surface area contributed by atoms with E-state index in [1.165, 1.54) is 0 Å². The lowest BCUT2D eigenvalue weighted by molar-refractivity contribution is -0.146. The molecule has 5 nitrogen and oxygen atoms in total. The third-order valence-electron chi connectivity index (χ3n) is 2.72. The van der Waals surface area contributed by atoms with Crippen molar-refractivity contribution in [2.24, 2.45) is 0 Å². The van der Waals surface area contributed by atoms with Crippen LogP contribution < -0.4 is 0 Å². The molecule has 17 heavy (non-hydrogen) atoms. The van der Waals surface area contributed by atoms with Gasteiger partial charge in [0.1, 0.15) is 11.7 Å². The summed E-state index contributed by atoms with van der Waals surface area (Å²) in [6.07, 6.45) is 0.917. The van der Waals surface area contributed by atoms with Crippen LogP contribution in [-0.4, -0.2) is 35.0 Å². The van der Waals surface area contributed by atoms with Crippen LogP contribution >= 0.6 is 0 Å². The number of ketones is 2. The van der Waals surface area contributed by atoms with Crippen molar-refractivity contribution in [2.75, 3.05) is 0 Å². The number of allylic oxidation sites excluding steroid dienone is 1. The summed E-state index contributed by atoms with van der Waals surface area (Å²) in [7, 11) is 0. The second-order valence-electron chi connectivity index (χ2n) is 4.14.